The van der Waals surface area contributed by atoms with Crippen LogP contribution in [0.3, 0.4) is 0 Å². The van der Waals surface area contributed by atoms with E-state index in [-0.39, 0.29) is 0 Å². The average Bonchev–Trinajstić information content (AvgIpc) is 3.02. The number of nitriles is 1. The van der Waals surface area contributed by atoms with E-state index in [1.54, 1.807) is 11.3 Å². The second-order valence-corrected chi connectivity index (χ2v) is 7.25. The molecular weight excluding hydrogens is 296 g/mol. The molecule has 2 heterocycles. The first kappa shape index (κ1) is 14.1. The second kappa shape index (κ2) is 5.51. The monoisotopic (exact) mass is 312 g/mol. The number of fused-ring (bicyclic) bond motifs is 3. The SMILES string of the molecule is CCN(C)c1ccc2c(c1)sc1cc(/C=C(/C)C#N)sc12. The molecule has 0 unspecified atom stereocenters. The summed E-state index contributed by atoms with van der Waals surface area (Å²) in [4.78, 5) is 3.41. The number of rotatable bonds is 3. The second-order valence-electron chi connectivity index (χ2n) is 5.08. The Morgan fingerprint density at radius 2 is 2.10 bits per heavy atom. The van der Waals surface area contributed by atoms with Gasteiger partial charge in [0.2, 0.25) is 0 Å². The van der Waals surface area contributed by atoms with E-state index in [0.29, 0.717) is 0 Å². The lowest BCUT2D eigenvalue weighted by molar-refractivity contribution is 0.970. The van der Waals surface area contributed by atoms with Gasteiger partial charge in [-0.05, 0) is 38.1 Å². The lowest BCUT2D eigenvalue weighted by atomic mass is 10.2. The Balaban J connectivity index is 2.11. The molecule has 0 spiro atoms. The summed E-state index contributed by atoms with van der Waals surface area (Å²) in [5.74, 6) is 0. The summed E-state index contributed by atoms with van der Waals surface area (Å²) in [5.41, 5.74) is 2.01. The van der Waals surface area contributed by atoms with E-state index in [1.807, 2.05) is 24.3 Å². The largest absolute Gasteiger partial charge is 0.375 e. The van der Waals surface area contributed by atoms with Crippen molar-refractivity contribution in [2.24, 2.45) is 0 Å². The Bertz CT molecular complexity index is 877. The molecule has 0 saturated heterocycles. The molecule has 0 aliphatic rings. The number of hydrogen-bond acceptors (Lipinski definition) is 4. The lowest BCUT2D eigenvalue weighted by Crippen LogP contribution is -2.15. The van der Waals surface area contributed by atoms with E-state index in [4.69, 9.17) is 5.26 Å². The Morgan fingerprint density at radius 3 is 2.81 bits per heavy atom. The third-order valence-corrected chi connectivity index (χ3v) is 5.94. The maximum atomic E-state index is 8.88. The minimum absolute atomic E-state index is 0.750. The number of hydrogen-bond donors (Lipinski definition) is 0. The zero-order valence-electron chi connectivity index (χ0n) is 12.3. The van der Waals surface area contributed by atoms with Crippen molar-refractivity contribution < 1.29 is 0 Å². The van der Waals surface area contributed by atoms with Crippen molar-refractivity contribution in [1.29, 1.82) is 5.26 Å². The van der Waals surface area contributed by atoms with E-state index in [0.717, 1.165) is 17.0 Å². The Kier molecular flexibility index (Phi) is 3.71. The molecule has 21 heavy (non-hydrogen) atoms. The van der Waals surface area contributed by atoms with Crippen LogP contribution in [0.25, 0.3) is 25.6 Å². The number of allylic oxidation sites excluding steroid dienone is 1. The summed E-state index contributed by atoms with van der Waals surface area (Å²) in [6, 6.07) is 11.0. The molecule has 0 bridgehead atoms. The standard InChI is InChI=1S/C17H16N2S2/c1-4-19(3)12-5-6-14-15(8-12)21-16-9-13(20-17(14)16)7-11(2)10-18/h5-9H,4H2,1-3H3/b11-7-. The van der Waals surface area contributed by atoms with Gasteiger partial charge in [0.25, 0.3) is 0 Å². The van der Waals surface area contributed by atoms with Crippen molar-refractivity contribution in [3.8, 4) is 6.07 Å². The smallest absolute Gasteiger partial charge is 0.0944 e. The normalized spacial score (nSPS) is 12.0. The molecule has 3 rings (SSSR count). The van der Waals surface area contributed by atoms with Crippen LogP contribution in [0.4, 0.5) is 5.69 Å². The highest BCUT2D eigenvalue weighted by molar-refractivity contribution is 7.33. The molecule has 3 aromatic rings. The maximum absolute atomic E-state index is 8.88. The number of nitrogens with zero attached hydrogens (tertiary/aromatic N) is 2. The molecule has 0 saturated carbocycles. The molecule has 0 amide bonds. The summed E-state index contributed by atoms with van der Waals surface area (Å²) in [5, 5.41) is 10.2. The van der Waals surface area contributed by atoms with Gasteiger partial charge >= 0.3 is 0 Å². The molecule has 0 atom stereocenters. The van der Waals surface area contributed by atoms with Crippen molar-refractivity contribution in [3.05, 3.63) is 34.7 Å². The molecule has 0 radical (unpaired) electrons. The van der Waals surface area contributed by atoms with Crippen LogP contribution in [-0.4, -0.2) is 13.6 Å². The number of thiophene rings is 2. The predicted octanol–water partition coefficient (Wildman–Crippen LogP) is 5.50. The average molecular weight is 312 g/mol. The zero-order chi connectivity index (χ0) is 15.0. The van der Waals surface area contributed by atoms with Gasteiger partial charge in [-0.3, -0.25) is 0 Å². The molecule has 0 aliphatic carbocycles. The van der Waals surface area contributed by atoms with Gasteiger partial charge in [0, 0.05) is 44.5 Å². The fourth-order valence-electron chi connectivity index (χ4n) is 2.29. The molecule has 2 nitrogen and oxygen atoms in total. The number of benzene rings is 1. The highest BCUT2D eigenvalue weighted by Gasteiger charge is 2.10. The molecule has 1 aromatic carbocycles. The summed E-state index contributed by atoms with van der Waals surface area (Å²) in [7, 11) is 2.12. The van der Waals surface area contributed by atoms with Crippen molar-refractivity contribution in [2.45, 2.75) is 13.8 Å². The fourth-order valence-corrected chi connectivity index (χ4v) is 4.86. The van der Waals surface area contributed by atoms with Gasteiger partial charge in [-0.1, -0.05) is 6.07 Å². The van der Waals surface area contributed by atoms with Crippen LogP contribution >= 0.6 is 22.7 Å². The molecule has 0 fully saturated rings. The van der Waals surface area contributed by atoms with Crippen LogP contribution in [0.2, 0.25) is 0 Å². The van der Waals surface area contributed by atoms with Gasteiger partial charge in [-0.2, -0.15) is 5.26 Å². The first-order valence-electron chi connectivity index (χ1n) is 6.88. The molecule has 106 valence electrons. The van der Waals surface area contributed by atoms with E-state index < -0.39 is 0 Å². The highest BCUT2D eigenvalue weighted by Crippen LogP contribution is 2.41. The van der Waals surface area contributed by atoms with Crippen LogP contribution in [0, 0.1) is 11.3 Å². The van der Waals surface area contributed by atoms with E-state index in [9.17, 15) is 0 Å². The zero-order valence-corrected chi connectivity index (χ0v) is 13.9. The minimum atomic E-state index is 0.750. The molecular formula is C17H16N2S2. The Hall–Kier alpha value is -1.83. The Morgan fingerprint density at radius 1 is 1.29 bits per heavy atom. The minimum Gasteiger partial charge on any atom is -0.375 e. The van der Waals surface area contributed by atoms with Gasteiger partial charge in [0.15, 0.2) is 0 Å². The van der Waals surface area contributed by atoms with Gasteiger partial charge in [-0.15, -0.1) is 22.7 Å². The quantitative estimate of drug-likeness (QED) is 0.597. The van der Waals surface area contributed by atoms with Gasteiger partial charge in [0.1, 0.15) is 0 Å². The third-order valence-electron chi connectivity index (χ3n) is 3.60. The van der Waals surface area contributed by atoms with Crippen LogP contribution in [-0.2, 0) is 0 Å². The Labute approximate surface area is 132 Å². The van der Waals surface area contributed by atoms with Crippen LogP contribution < -0.4 is 4.90 Å². The lowest BCUT2D eigenvalue weighted by Gasteiger charge is -2.16. The summed E-state index contributed by atoms with van der Waals surface area (Å²) in [6.45, 7) is 5.01. The van der Waals surface area contributed by atoms with Crippen LogP contribution in [0.5, 0.6) is 0 Å². The van der Waals surface area contributed by atoms with Gasteiger partial charge in [0.05, 0.1) is 10.8 Å². The maximum Gasteiger partial charge on any atom is 0.0944 e. The van der Waals surface area contributed by atoms with Crippen molar-refractivity contribution in [1.82, 2.24) is 0 Å². The third kappa shape index (κ3) is 2.55. The van der Waals surface area contributed by atoms with E-state index in [2.05, 4.69) is 49.2 Å². The topological polar surface area (TPSA) is 27.0 Å². The van der Waals surface area contributed by atoms with E-state index in [1.165, 1.54) is 25.2 Å². The molecule has 0 aliphatic heterocycles. The summed E-state index contributed by atoms with van der Waals surface area (Å²) >= 11 is 3.60. The van der Waals surface area contributed by atoms with Gasteiger partial charge in [-0.25, -0.2) is 0 Å². The molecule has 4 heteroatoms. The van der Waals surface area contributed by atoms with Crippen LogP contribution in [0.15, 0.2) is 29.8 Å². The predicted molar refractivity (Wildman–Crippen MR) is 95.4 cm³/mol. The summed E-state index contributed by atoms with van der Waals surface area (Å²) in [6.07, 6.45) is 1.96. The highest BCUT2D eigenvalue weighted by atomic mass is 32.1. The van der Waals surface area contributed by atoms with E-state index >= 15 is 0 Å². The first-order chi connectivity index (χ1) is 10.1. The first-order valence-corrected chi connectivity index (χ1v) is 8.51. The fraction of sp³-hybridized carbons (Fsp3) is 0.235. The molecule has 0 N–H and O–H groups in total. The van der Waals surface area contributed by atoms with Crippen LogP contribution in [0.1, 0.15) is 18.7 Å². The van der Waals surface area contributed by atoms with Crippen molar-refractivity contribution in [3.63, 3.8) is 0 Å². The van der Waals surface area contributed by atoms with Crippen molar-refractivity contribution >= 4 is 53.9 Å². The summed E-state index contributed by atoms with van der Waals surface area (Å²) < 4.78 is 3.97. The van der Waals surface area contributed by atoms with Gasteiger partial charge < -0.3 is 4.90 Å². The van der Waals surface area contributed by atoms with Crippen molar-refractivity contribution in [2.75, 3.05) is 18.5 Å². The molecule has 2 aromatic heterocycles. The number of anilines is 1.